The van der Waals surface area contributed by atoms with Crippen LogP contribution in [0.4, 0.5) is 5.69 Å². The molecule has 1 fully saturated rings. The number of anilines is 1. The third-order valence-corrected chi connectivity index (χ3v) is 4.79. The zero-order valence-electron chi connectivity index (χ0n) is 14.5. The second-order valence-electron chi connectivity index (χ2n) is 6.68. The third kappa shape index (κ3) is 3.42. The van der Waals surface area contributed by atoms with Gasteiger partial charge in [0.2, 0.25) is 0 Å². The molecule has 1 aromatic carbocycles. The summed E-state index contributed by atoms with van der Waals surface area (Å²) in [6.45, 7) is 0.288. The number of ether oxygens (including phenoxy) is 1. The van der Waals surface area contributed by atoms with Gasteiger partial charge < -0.3 is 25.6 Å². The van der Waals surface area contributed by atoms with Gasteiger partial charge in [0, 0.05) is 30.3 Å². The van der Waals surface area contributed by atoms with E-state index in [2.05, 4.69) is 10.6 Å². The van der Waals surface area contributed by atoms with Gasteiger partial charge in [-0.25, -0.2) is 0 Å². The molecule has 3 atom stereocenters. The van der Waals surface area contributed by atoms with Crippen molar-refractivity contribution in [3.05, 3.63) is 59.4 Å². The SMILES string of the molecule is O=C(Nc1ccc2c(c1)CNC2=O)c1ccc[n+](C2OC(CO)C[C@H]2O)c1. The lowest BCUT2D eigenvalue weighted by atomic mass is 10.1. The molecule has 2 aliphatic heterocycles. The Morgan fingerprint density at radius 1 is 1.37 bits per heavy atom. The van der Waals surface area contributed by atoms with Crippen LogP contribution in [0.3, 0.4) is 0 Å². The Bertz CT molecular complexity index is 901. The summed E-state index contributed by atoms with van der Waals surface area (Å²) in [6, 6.07) is 8.51. The second kappa shape index (κ2) is 7.07. The van der Waals surface area contributed by atoms with E-state index in [0.29, 0.717) is 29.8 Å². The van der Waals surface area contributed by atoms with Gasteiger partial charge in [-0.05, 0) is 29.8 Å². The number of aromatic nitrogens is 1. The van der Waals surface area contributed by atoms with Gasteiger partial charge in [0.05, 0.1) is 12.7 Å². The van der Waals surface area contributed by atoms with Gasteiger partial charge in [-0.1, -0.05) is 0 Å². The minimum Gasteiger partial charge on any atom is -0.394 e. The van der Waals surface area contributed by atoms with E-state index in [9.17, 15) is 19.8 Å². The van der Waals surface area contributed by atoms with Crippen molar-refractivity contribution in [2.24, 2.45) is 0 Å². The topological polar surface area (TPSA) is 112 Å². The molecule has 0 bridgehead atoms. The highest BCUT2D eigenvalue weighted by atomic mass is 16.5. The van der Waals surface area contributed by atoms with Gasteiger partial charge in [0.15, 0.2) is 12.4 Å². The lowest BCUT2D eigenvalue weighted by Crippen LogP contribution is -2.44. The molecule has 8 nitrogen and oxygen atoms in total. The van der Waals surface area contributed by atoms with E-state index in [1.165, 1.54) is 0 Å². The molecule has 2 aliphatic rings. The van der Waals surface area contributed by atoms with Crippen molar-refractivity contribution in [3.8, 4) is 0 Å². The van der Waals surface area contributed by atoms with Crippen molar-refractivity contribution >= 4 is 17.5 Å². The van der Waals surface area contributed by atoms with Crippen molar-refractivity contribution in [2.45, 2.75) is 31.4 Å². The van der Waals surface area contributed by atoms with Gasteiger partial charge in [-0.15, -0.1) is 0 Å². The van der Waals surface area contributed by atoms with Gasteiger partial charge in [-0.2, -0.15) is 4.57 Å². The van der Waals surface area contributed by atoms with E-state index in [4.69, 9.17) is 4.74 Å². The van der Waals surface area contributed by atoms with Gasteiger partial charge in [0.1, 0.15) is 11.7 Å². The van der Waals surface area contributed by atoms with Crippen molar-refractivity contribution in [2.75, 3.05) is 11.9 Å². The number of rotatable bonds is 4. The number of hydrogen-bond acceptors (Lipinski definition) is 5. The summed E-state index contributed by atoms with van der Waals surface area (Å²) in [5.41, 5.74) is 2.47. The van der Waals surface area contributed by atoms with Crippen LogP contribution in [0.2, 0.25) is 0 Å². The first-order chi connectivity index (χ1) is 13.0. The molecule has 1 saturated heterocycles. The average molecular weight is 370 g/mol. The minimum absolute atomic E-state index is 0.108. The van der Waals surface area contributed by atoms with Crippen LogP contribution < -0.4 is 15.2 Å². The maximum absolute atomic E-state index is 12.6. The zero-order chi connectivity index (χ0) is 19.0. The number of carbonyl (C=O) groups is 2. The van der Waals surface area contributed by atoms with Crippen molar-refractivity contribution in [1.82, 2.24) is 5.32 Å². The number of fused-ring (bicyclic) bond motifs is 1. The van der Waals surface area contributed by atoms with Crippen LogP contribution in [0.15, 0.2) is 42.7 Å². The first-order valence-corrected chi connectivity index (χ1v) is 8.73. The Hall–Kier alpha value is -2.81. The van der Waals surface area contributed by atoms with E-state index >= 15 is 0 Å². The molecule has 4 N–H and O–H groups in total. The number of pyridine rings is 1. The Kier molecular flexibility index (Phi) is 4.61. The van der Waals surface area contributed by atoms with Crippen LogP contribution in [0.1, 0.15) is 38.9 Å². The number of amides is 2. The summed E-state index contributed by atoms with van der Waals surface area (Å²) in [7, 11) is 0. The molecule has 3 heterocycles. The van der Waals surface area contributed by atoms with E-state index in [1.54, 1.807) is 47.3 Å². The molecule has 2 unspecified atom stereocenters. The van der Waals surface area contributed by atoms with Crippen molar-refractivity contribution in [1.29, 1.82) is 0 Å². The van der Waals surface area contributed by atoms with E-state index in [0.717, 1.165) is 5.56 Å². The molecule has 0 aliphatic carbocycles. The minimum atomic E-state index is -0.757. The van der Waals surface area contributed by atoms with E-state index < -0.39 is 18.4 Å². The zero-order valence-corrected chi connectivity index (χ0v) is 14.5. The summed E-state index contributed by atoms with van der Waals surface area (Å²) in [5, 5.41) is 24.9. The fraction of sp³-hybridized carbons (Fsp3) is 0.316. The number of carbonyl (C=O) groups excluding carboxylic acids is 2. The Labute approximate surface area is 155 Å². The molecule has 1 aromatic heterocycles. The maximum atomic E-state index is 12.6. The molecule has 0 spiro atoms. The summed E-state index contributed by atoms with van der Waals surface area (Å²) in [6.07, 6.45) is 1.82. The smallest absolute Gasteiger partial charge is 0.289 e. The number of hydrogen-bond donors (Lipinski definition) is 4. The molecule has 4 rings (SSSR count). The molecule has 0 radical (unpaired) electrons. The molecule has 2 aromatic rings. The predicted molar refractivity (Wildman–Crippen MR) is 93.8 cm³/mol. The van der Waals surface area contributed by atoms with Crippen LogP contribution in [0.25, 0.3) is 0 Å². The first-order valence-electron chi connectivity index (χ1n) is 8.73. The third-order valence-electron chi connectivity index (χ3n) is 4.79. The van der Waals surface area contributed by atoms with E-state index in [-0.39, 0.29) is 18.4 Å². The maximum Gasteiger partial charge on any atom is 0.289 e. The Morgan fingerprint density at radius 3 is 3.00 bits per heavy atom. The Balaban J connectivity index is 1.51. The molecular formula is C19H20N3O5+. The highest BCUT2D eigenvalue weighted by Gasteiger charge is 2.40. The molecule has 140 valence electrons. The standard InChI is InChI=1S/C19H19N3O5/c23-10-14-7-16(24)19(27-14)22-5-1-2-11(9-22)17(25)21-13-3-4-15-12(6-13)8-20-18(15)26/h1-6,9,14,16,19,23-24H,7-8,10H2,(H-,20,21,25,26)/p+1/t14?,16-,19?/m1/s1. The summed E-state index contributed by atoms with van der Waals surface area (Å²) >= 11 is 0. The highest BCUT2D eigenvalue weighted by Crippen LogP contribution is 2.24. The lowest BCUT2D eigenvalue weighted by Gasteiger charge is -2.11. The van der Waals surface area contributed by atoms with Crippen LogP contribution in [-0.2, 0) is 11.3 Å². The highest BCUT2D eigenvalue weighted by molar-refractivity contribution is 6.04. The van der Waals surface area contributed by atoms with Crippen LogP contribution in [-0.4, -0.2) is 40.8 Å². The number of aliphatic hydroxyl groups excluding tert-OH is 2. The Morgan fingerprint density at radius 2 is 2.22 bits per heavy atom. The first kappa shape index (κ1) is 17.6. The van der Waals surface area contributed by atoms with Crippen molar-refractivity contribution in [3.63, 3.8) is 0 Å². The average Bonchev–Trinajstić information content (AvgIpc) is 3.24. The largest absolute Gasteiger partial charge is 0.394 e. The van der Waals surface area contributed by atoms with Gasteiger partial charge in [0.25, 0.3) is 18.0 Å². The molecule has 8 heteroatoms. The van der Waals surface area contributed by atoms with Crippen molar-refractivity contribution < 1.29 is 29.1 Å². The summed E-state index contributed by atoms with van der Waals surface area (Å²) < 4.78 is 7.24. The molecule has 2 amide bonds. The number of nitrogens with one attached hydrogen (secondary N) is 2. The normalized spacial score (nSPS) is 23.8. The molecule has 27 heavy (non-hydrogen) atoms. The summed E-state index contributed by atoms with van der Waals surface area (Å²) in [5.74, 6) is -0.420. The fourth-order valence-electron chi connectivity index (χ4n) is 3.41. The predicted octanol–water partition coefficient (Wildman–Crippen LogP) is 0.110. The number of aliphatic hydroxyl groups is 2. The number of benzene rings is 1. The van der Waals surface area contributed by atoms with Crippen LogP contribution >= 0.6 is 0 Å². The van der Waals surface area contributed by atoms with Gasteiger partial charge >= 0.3 is 0 Å². The molecular weight excluding hydrogens is 350 g/mol. The number of nitrogens with zero attached hydrogens (tertiary/aromatic N) is 1. The lowest BCUT2D eigenvalue weighted by molar-refractivity contribution is -0.765. The van der Waals surface area contributed by atoms with Crippen LogP contribution in [0.5, 0.6) is 0 Å². The van der Waals surface area contributed by atoms with E-state index in [1.807, 2.05) is 0 Å². The summed E-state index contributed by atoms with van der Waals surface area (Å²) in [4.78, 5) is 24.2. The monoisotopic (exact) mass is 370 g/mol. The second-order valence-corrected chi connectivity index (χ2v) is 6.68. The van der Waals surface area contributed by atoms with Gasteiger partial charge in [-0.3, -0.25) is 9.59 Å². The fourth-order valence-corrected chi connectivity index (χ4v) is 3.41. The quantitative estimate of drug-likeness (QED) is 0.571. The molecule has 0 saturated carbocycles. The van der Waals surface area contributed by atoms with Crippen LogP contribution in [0, 0.1) is 0 Å².